The summed E-state index contributed by atoms with van der Waals surface area (Å²) in [4.78, 5) is 9.39. The minimum absolute atomic E-state index is 0.120. The van der Waals surface area contributed by atoms with E-state index in [2.05, 4.69) is 20.9 Å². The number of ether oxygens (including phenoxy) is 2. The summed E-state index contributed by atoms with van der Waals surface area (Å²) in [5.74, 6) is 1.47. The van der Waals surface area contributed by atoms with E-state index in [4.69, 9.17) is 9.47 Å². The van der Waals surface area contributed by atoms with Crippen LogP contribution in [0.3, 0.4) is 0 Å². The molecule has 0 radical (unpaired) electrons. The van der Waals surface area contributed by atoms with Gasteiger partial charge in [0, 0.05) is 38.0 Å². The molecule has 3 aliphatic heterocycles. The average Bonchev–Trinajstić information content (AvgIpc) is 3.22. The monoisotopic (exact) mass is 331 g/mol. The molecule has 3 saturated heterocycles. The molecule has 0 saturated carbocycles. The van der Waals surface area contributed by atoms with Crippen molar-refractivity contribution in [2.24, 2.45) is 5.92 Å². The number of rotatable bonds is 6. The van der Waals surface area contributed by atoms with E-state index in [-0.39, 0.29) is 5.60 Å². The van der Waals surface area contributed by atoms with Crippen molar-refractivity contribution in [3.63, 3.8) is 0 Å². The summed E-state index contributed by atoms with van der Waals surface area (Å²) in [6, 6.07) is 4.09. The minimum Gasteiger partial charge on any atom is -0.481 e. The number of nitrogens with zero attached hydrogens (tertiary/aromatic N) is 3. The van der Waals surface area contributed by atoms with Crippen molar-refractivity contribution >= 4 is 0 Å². The maximum atomic E-state index is 6.22. The highest BCUT2D eigenvalue weighted by Crippen LogP contribution is 2.42. The molecule has 24 heavy (non-hydrogen) atoms. The summed E-state index contributed by atoms with van der Waals surface area (Å²) >= 11 is 0. The lowest BCUT2D eigenvalue weighted by Gasteiger charge is -2.50. The first kappa shape index (κ1) is 16.3. The zero-order valence-corrected chi connectivity index (χ0v) is 14.7. The van der Waals surface area contributed by atoms with Gasteiger partial charge in [0.25, 0.3) is 0 Å². The number of aromatic nitrogens is 1. The zero-order valence-electron chi connectivity index (χ0n) is 14.7. The van der Waals surface area contributed by atoms with E-state index in [1.54, 1.807) is 13.3 Å². The van der Waals surface area contributed by atoms with Gasteiger partial charge in [0.15, 0.2) is 0 Å². The van der Waals surface area contributed by atoms with Crippen LogP contribution in [-0.4, -0.2) is 66.8 Å². The van der Waals surface area contributed by atoms with Gasteiger partial charge in [0.1, 0.15) is 0 Å². The summed E-state index contributed by atoms with van der Waals surface area (Å²) in [5.41, 5.74) is 1.29. The Hall–Kier alpha value is -1.17. The van der Waals surface area contributed by atoms with E-state index in [0.29, 0.717) is 0 Å². The molecule has 1 aromatic rings. The molecule has 0 bridgehead atoms. The summed E-state index contributed by atoms with van der Waals surface area (Å²) in [6.07, 6.45) is 7.08. The number of methoxy groups -OCH3 is 1. The second-order valence-corrected chi connectivity index (χ2v) is 7.55. The van der Waals surface area contributed by atoms with Crippen LogP contribution >= 0.6 is 0 Å². The second-order valence-electron chi connectivity index (χ2n) is 7.55. The topological polar surface area (TPSA) is 37.8 Å². The van der Waals surface area contributed by atoms with Crippen molar-refractivity contribution < 1.29 is 9.47 Å². The quantitative estimate of drug-likeness (QED) is 0.799. The van der Waals surface area contributed by atoms with Gasteiger partial charge in [-0.05, 0) is 57.3 Å². The van der Waals surface area contributed by atoms with Gasteiger partial charge in [-0.15, -0.1) is 0 Å². The second kappa shape index (κ2) is 6.98. The van der Waals surface area contributed by atoms with Crippen LogP contribution in [0.15, 0.2) is 18.3 Å². The lowest BCUT2D eigenvalue weighted by Crippen LogP contribution is -2.64. The molecule has 4 heterocycles. The van der Waals surface area contributed by atoms with Gasteiger partial charge >= 0.3 is 0 Å². The van der Waals surface area contributed by atoms with Gasteiger partial charge in [-0.2, -0.15) is 0 Å². The highest BCUT2D eigenvalue weighted by atomic mass is 16.5. The van der Waals surface area contributed by atoms with Gasteiger partial charge in [0.05, 0.1) is 12.7 Å². The van der Waals surface area contributed by atoms with Crippen molar-refractivity contribution in [1.29, 1.82) is 0 Å². The van der Waals surface area contributed by atoms with Crippen LogP contribution in [0.2, 0.25) is 0 Å². The predicted molar refractivity (Wildman–Crippen MR) is 93.1 cm³/mol. The first-order valence-corrected chi connectivity index (χ1v) is 9.36. The molecule has 3 fully saturated rings. The Labute approximate surface area is 144 Å². The molecule has 5 nitrogen and oxygen atoms in total. The highest BCUT2D eigenvalue weighted by molar-refractivity contribution is 5.26. The maximum Gasteiger partial charge on any atom is 0.217 e. The molecule has 4 rings (SSSR count). The Kier molecular flexibility index (Phi) is 4.74. The van der Waals surface area contributed by atoms with E-state index in [1.807, 2.05) is 6.07 Å². The molecule has 1 spiro atoms. The smallest absolute Gasteiger partial charge is 0.217 e. The van der Waals surface area contributed by atoms with Crippen LogP contribution < -0.4 is 4.74 Å². The SMILES string of the molecule is COc1ncccc1CN1CC2(C1)OCCC2CCN1CCCC1. The van der Waals surface area contributed by atoms with Crippen LogP contribution in [0.1, 0.15) is 31.2 Å². The molecule has 1 aromatic heterocycles. The third-order valence-corrected chi connectivity index (χ3v) is 6.01. The molecule has 0 aliphatic carbocycles. The zero-order chi connectivity index (χ0) is 16.4. The minimum atomic E-state index is 0.120. The standard InChI is InChI=1S/C19H29N3O2/c1-23-18-16(5-4-8-20-18)13-22-14-19(15-22)17(7-12-24-19)6-11-21-9-2-3-10-21/h4-5,8,17H,2-3,6-7,9-15H2,1H3. The van der Waals surface area contributed by atoms with Crippen molar-refractivity contribution in [2.45, 2.75) is 37.8 Å². The molecular formula is C19H29N3O2. The summed E-state index contributed by atoms with van der Waals surface area (Å²) in [6.45, 7) is 7.80. The molecule has 0 amide bonds. The molecule has 132 valence electrons. The molecule has 3 aliphatic rings. The average molecular weight is 331 g/mol. The third kappa shape index (κ3) is 3.17. The summed E-state index contributed by atoms with van der Waals surface area (Å²) in [5, 5.41) is 0. The van der Waals surface area contributed by atoms with Crippen molar-refractivity contribution in [2.75, 3.05) is 46.4 Å². The van der Waals surface area contributed by atoms with Crippen LogP contribution in [0.5, 0.6) is 5.88 Å². The van der Waals surface area contributed by atoms with Gasteiger partial charge < -0.3 is 14.4 Å². The van der Waals surface area contributed by atoms with E-state index in [1.165, 1.54) is 50.9 Å². The molecule has 5 heteroatoms. The fraction of sp³-hybridized carbons (Fsp3) is 0.737. The van der Waals surface area contributed by atoms with Crippen LogP contribution in [0, 0.1) is 5.92 Å². The number of hydrogen-bond donors (Lipinski definition) is 0. The van der Waals surface area contributed by atoms with Gasteiger partial charge in [-0.1, -0.05) is 6.07 Å². The third-order valence-electron chi connectivity index (χ3n) is 6.01. The number of likely N-dealkylation sites (tertiary alicyclic amines) is 2. The summed E-state index contributed by atoms with van der Waals surface area (Å²) in [7, 11) is 1.69. The van der Waals surface area contributed by atoms with Crippen LogP contribution in [0.25, 0.3) is 0 Å². The molecule has 1 atom stereocenters. The maximum absolute atomic E-state index is 6.22. The fourth-order valence-electron chi connectivity index (χ4n) is 4.68. The van der Waals surface area contributed by atoms with Crippen molar-refractivity contribution in [1.82, 2.24) is 14.8 Å². The predicted octanol–water partition coefficient (Wildman–Crippen LogP) is 2.17. The first-order valence-electron chi connectivity index (χ1n) is 9.36. The molecule has 1 unspecified atom stereocenters. The van der Waals surface area contributed by atoms with E-state index >= 15 is 0 Å². The highest BCUT2D eigenvalue weighted by Gasteiger charge is 2.52. The van der Waals surface area contributed by atoms with E-state index in [9.17, 15) is 0 Å². The first-order chi connectivity index (χ1) is 11.8. The Balaban J connectivity index is 1.31. The van der Waals surface area contributed by atoms with Gasteiger partial charge in [-0.25, -0.2) is 4.98 Å². The molecule has 0 aromatic carbocycles. The molecule has 0 N–H and O–H groups in total. The van der Waals surface area contributed by atoms with Gasteiger partial charge in [-0.3, -0.25) is 4.90 Å². The number of hydrogen-bond acceptors (Lipinski definition) is 5. The fourth-order valence-corrected chi connectivity index (χ4v) is 4.68. The Bertz CT molecular complexity index is 553. The lowest BCUT2D eigenvalue weighted by atomic mass is 9.78. The van der Waals surface area contributed by atoms with E-state index < -0.39 is 0 Å². The molecular weight excluding hydrogens is 302 g/mol. The van der Waals surface area contributed by atoms with Crippen LogP contribution in [-0.2, 0) is 11.3 Å². The number of pyridine rings is 1. The lowest BCUT2D eigenvalue weighted by molar-refractivity contribution is -0.137. The van der Waals surface area contributed by atoms with Crippen LogP contribution in [0.4, 0.5) is 0 Å². The largest absolute Gasteiger partial charge is 0.481 e. The van der Waals surface area contributed by atoms with Crippen molar-refractivity contribution in [3.8, 4) is 5.88 Å². The van der Waals surface area contributed by atoms with Crippen molar-refractivity contribution in [3.05, 3.63) is 23.9 Å². The summed E-state index contributed by atoms with van der Waals surface area (Å²) < 4.78 is 11.6. The van der Waals surface area contributed by atoms with Gasteiger partial charge in [0.2, 0.25) is 5.88 Å². The van der Waals surface area contributed by atoms with E-state index in [0.717, 1.165) is 38.0 Å². The Morgan fingerprint density at radius 3 is 2.92 bits per heavy atom. The Morgan fingerprint density at radius 1 is 1.29 bits per heavy atom. The Morgan fingerprint density at radius 2 is 2.12 bits per heavy atom. The normalized spacial score (nSPS) is 26.8.